The molecule has 134 valence electrons. The van der Waals surface area contributed by atoms with Crippen molar-refractivity contribution >= 4 is 17.1 Å². The Balaban J connectivity index is 1.80. The molecule has 2 N–H and O–H groups in total. The lowest BCUT2D eigenvalue weighted by atomic mass is 9.76. The van der Waals surface area contributed by atoms with E-state index in [9.17, 15) is 15.2 Å². The number of anilines is 2. The van der Waals surface area contributed by atoms with Crippen LogP contribution in [0.4, 0.5) is 17.1 Å². The van der Waals surface area contributed by atoms with Crippen molar-refractivity contribution in [3.8, 4) is 5.75 Å². The smallest absolute Gasteiger partial charge is 0.275 e. The molecular weight excluding hydrogens is 330 g/mol. The van der Waals surface area contributed by atoms with Crippen molar-refractivity contribution in [2.24, 2.45) is 5.92 Å². The highest BCUT2D eigenvalue weighted by Crippen LogP contribution is 2.54. The van der Waals surface area contributed by atoms with E-state index in [0.29, 0.717) is 11.3 Å². The highest BCUT2D eigenvalue weighted by molar-refractivity contribution is 5.73. The summed E-state index contributed by atoms with van der Waals surface area (Å²) in [6, 6.07) is 11.1. The Morgan fingerprint density at radius 2 is 1.92 bits per heavy atom. The Morgan fingerprint density at radius 3 is 2.58 bits per heavy atom. The minimum Gasteiger partial charge on any atom is -0.506 e. The molecule has 6 nitrogen and oxygen atoms in total. The summed E-state index contributed by atoms with van der Waals surface area (Å²) in [5.74, 6) is 0.171. The first-order valence-electron chi connectivity index (χ1n) is 8.68. The van der Waals surface area contributed by atoms with Crippen molar-refractivity contribution < 1.29 is 10.0 Å². The summed E-state index contributed by atoms with van der Waals surface area (Å²) in [7, 11) is 4.00. The molecule has 0 aromatic heterocycles. The molecule has 2 aromatic carbocycles. The Kier molecular flexibility index (Phi) is 3.83. The third kappa shape index (κ3) is 2.49. The van der Waals surface area contributed by atoms with Gasteiger partial charge in [-0.3, -0.25) is 10.1 Å². The van der Waals surface area contributed by atoms with Crippen molar-refractivity contribution in [3.05, 3.63) is 69.8 Å². The summed E-state index contributed by atoms with van der Waals surface area (Å²) in [4.78, 5) is 13.2. The molecule has 26 heavy (non-hydrogen) atoms. The van der Waals surface area contributed by atoms with Crippen molar-refractivity contribution in [1.29, 1.82) is 0 Å². The van der Waals surface area contributed by atoms with Gasteiger partial charge in [0.1, 0.15) is 5.75 Å². The molecule has 1 heterocycles. The fourth-order valence-corrected chi connectivity index (χ4v) is 4.14. The van der Waals surface area contributed by atoms with Crippen molar-refractivity contribution in [3.63, 3.8) is 0 Å². The minimum absolute atomic E-state index is 0.00776. The van der Waals surface area contributed by atoms with E-state index < -0.39 is 0 Å². The number of aromatic hydroxyl groups is 1. The number of nitro groups is 1. The first-order valence-corrected chi connectivity index (χ1v) is 8.68. The highest BCUT2D eigenvalue weighted by atomic mass is 16.6. The summed E-state index contributed by atoms with van der Waals surface area (Å²) >= 11 is 0. The van der Waals surface area contributed by atoms with E-state index in [2.05, 4.69) is 35.7 Å². The maximum absolute atomic E-state index is 11.5. The average molecular weight is 351 g/mol. The zero-order valence-corrected chi connectivity index (χ0v) is 14.7. The van der Waals surface area contributed by atoms with Crippen LogP contribution in [0, 0.1) is 16.0 Å². The highest BCUT2D eigenvalue weighted by Gasteiger charge is 2.42. The third-order valence-electron chi connectivity index (χ3n) is 5.44. The molecule has 0 fully saturated rings. The molecular formula is C20H21N3O3. The lowest BCUT2D eigenvalue weighted by molar-refractivity contribution is -0.385. The van der Waals surface area contributed by atoms with Crippen LogP contribution in [0.3, 0.4) is 0 Å². The molecule has 0 spiro atoms. The largest absolute Gasteiger partial charge is 0.506 e. The van der Waals surface area contributed by atoms with Crippen LogP contribution >= 0.6 is 0 Å². The Hall–Kier alpha value is -3.02. The van der Waals surface area contributed by atoms with Gasteiger partial charge in [0.2, 0.25) is 0 Å². The maximum Gasteiger partial charge on any atom is 0.275 e. The van der Waals surface area contributed by atoms with Gasteiger partial charge in [-0.15, -0.1) is 0 Å². The maximum atomic E-state index is 11.5. The molecule has 0 saturated carbocycles. The van der Waals surface area contributed by atoms with Gasteiger partial charge in [0.25, 0.3) is 5.69 Å². The van der Waals surface area contributed by atoms with Gasteiger partial charge in [-0.1, -0.05) is 24.3 Å². The van der Waals surface area contributed by atoms with E-state index >= 15 is 0 Å². The molecule has 2 aliphatic rings. The van der Waals surface area contributed by atoms with Crippen LogP contribution in [-0.2, 0) is 0 Å². The van der Waals surface area contributed by atoms with E-state index in [4.69, 9.17) is 0 Å². The Labute approximate surface area is 151 Å². The van der Waals surface area contributed by atoms with Crippen molar-refractivity contribution in [1.82, 2.24) is 0 Å². The van der Waals surface area contributed by atoms with Crippen LogP contribution < -0.4 is 10.2 Å². The third-order valence-corrected chi connectivity index (χ3v) is 5.44. The second kappa shape index (κ2) is 6.05. The number of rotatable bonds is 3. The van der Waals surface area contributed by atoms with Crippen LogP contribution in [0.1, 0.15) is 29.5 Å². The number of hydrogen-bond donors (Lipinski definition) is 2. The SMILES string of the molecule is CN(C)c1ccc(C2Nc3c(O)ccc([N+](=O)[O-])c3C3C=CCC32)cc1. The molecule has 3 atom stereocenters. The number of nitrogens with zero attached hydrogens (tertiary/aromatic N) is 2. The topological polar surface area (TPSA) is 78.6 Å². The van der Waals surface area contributed by atoms with Gasteiger partial charge in [-0.25, -0.2) is 0 Å². The number of allylic oxidation sites excluding steroid dienone is 2. The monoisotopic (exact) mass is 351 g/mol. The summed E-state index contributed by atoms with van der Waals surface area (Å²) in [5.41, 5.74) is 3.37. The van der Waals surface area contributed by atoms with Gasteiger partial charge in [-0.05, 0) is 36.1 Å². The van der Waals surface area contributed by atoms with Crippen molar-refractivity contribution in [2.45, 2.75) is 18.4 Å². The predicted octanol–water partition coefficient (Wildman–Crippen LogP) is 4.19. The predicted molar refractivity (Wildman–Crippen MR) is 102 cm³/mol. The van der Waals surface area contributed by atoms with Gasteiger partial charge in [0, 0.05) is 31.8 Å². The van der Waals surface area contributed by atoms with E-state index in [1.807, 2.05) is 25.1 Å². The zero-order valence-electron chi connectivity index (χ0n) is 14.7. The van der Waals surface area contributed by atoms with E-state index in [1.165, 1.54) is 12.1 Å². The minimum atomic E-state index is -0.366. The van der Waals surface area contributed by atoms with Gasteiger partial charge >= 0.3 is 0 Å². The molecule has 0 amide bonds. The normalized spacial score (nSPS) is 23.1. The molecule has 4 rings (SSSR count). The van der Waals surface area contributed by atoms with Crippen LogP contribution in [0.25, 0.3) is 0 Å². The fourth-order valence-electron chi connectivity index (χ4n) is 4.14. The number of fused-ring (bicyclic) bond motifs is 3. The number of benzene rings is 2. The summed E-state index contributed by atoms with van der Waals surface area (Å²) in [6.45, 7) is 0. The lowest BCUT2D eigenvalue weighted by Crippen LogP contribution is -2.29. The van der Waals surface area contributed by atoms with Crippen molar-refractivity contribution in [2.75, 3.05) is 24.3 Å². The summed E-state index contributed by atoms with van der Waals surface area (Å²) in [6.07, 6.45) is 4.98. The van der Waals surface area contributed by atoms with Gasteiger partial charge in [0.15, 0.2) is 0 Å². The zero-order chi connectivity index (χ0) is 18.4. The van der Waals surface area contributed by atoms with E-state index in [1.54, 1.807) is 0 Å². The fraction of sp³-hybridized carbons (Fsp3) is 0.300. The van der Waals surface area contributed by atoms with Crippen LogP contribution in [0.2, 0.25) is 0 Å². The first kappa shape index (κ1) is 16.4. The molecule has 0 saturated heterocycles. The van der Waals surface area contributed by atoms with Gasteiger partial charge < -0.3 is 15.3 Å². The molecule has 3 unspecified atom stereocenters. The second-order valence-corrected chi connectivity index (χ2v) is 7.11. The molecule has 1 aliphatic heterocycles. The second-order valence-electron chi connectivity index (χ2n) is 7.11. The molecule has 0 bridgehead atoms. The van der Waals surface area contributed by atoms with Crippen LogP contribution in [-0.4, -0.2) is 24.1 Å². The van der Waals surface area contributed by atoms with Crippen LogP contribution in [0.15, 0.2) is 48.6 Å². The molecule has 6 heteroatoms. The summed E-state index contributed by atoms with van der Waals surface area (Å²) < 4.78 is 0. The van der Waals surface area contributed by atoms with Gasteiger partial charge in [0.05, 0.1) is 22.2 Å². The average Bonchev–Trinajstić information content (AvgIpc) is 3.11. The Morgan fingerprint density at radius 1 is 1.19 bits per heavy atom. The first-order chi connectivity index (χ1) is 12.5. The number of phenols is 1. The Bertz CT molecular complexity index is 890. The van der Waals surface area contributed by atoms with E-state index in [0.717, 1.165) is 17.7 Å². The van der Waals surface area contributed by atoms with Gasteiger partial charge in [-0.2, -0.15) is 0 Å². The lowest BCUT2D eigenvalue weighted by Gasteiger charge is -2.37. The number of phenolic OH excluding ortho intramolecular Hbond substituents is 1. The number of nitrogens with one attached hydrogen (secondary N) is 1. The molecule has 0 radical (unpaired) electrons. The number of hydrogen-bond acceptors (Lipinski definition) is 5. The quantitative estimate of drug-likeness (QED) is 0.375. The summed E-state index contributed by atoms with van der Waals surface area (Å²) in [5, 5.41) is 25.2. The number of nitro benzene ring substituents is 1. The van der Waals surface area contributed by atoms with Crippen LogP contribution in [0.5, 0.6) is 5.75 Å². The molecule has 2 aromatic rings. The van der Waals surface area contributed by atoms with E-state index in [-0.39, 0.29) is 34.2 Å². The molecule has 1 aliphatic carbocycles. The standard InChI is InChI=1S/C20H21N3O3/c1-22(2)13-8-6-12(7-9-13)19-15-5-3-4-14(15)18-16(23(25)26)10-11-17(24)20(18)21-19/h3-4,6-11,14-15,19,21,24H,5H2,1-2H3.